The van der Waals surface area contributed by atoms with E-state index in [1.807, 2.05) is 0 Å². The normalized spacial score (nSPS) is 31.4. The predicted octanol–water partition coefficient (Wildman–Crippen LogP) is -0.310. The highest BCUT2D eigenvalue weighted by Gasteiger charge is 2.39. The average Bonchev–Trinajstić information content (AvgIpc) is 2.60. The Balaban J connectivity index is 1.85. The standard InChI is InChI=1S/C10H15NO4/c12-8-4-11(5-8)9(13)6-1-2-7(3-6)10(14)15/h6-8,12H,1-5H2,(H,14,15). The van der Waals surface area contributed by atoms with Crippen molar-refractivity contribution < 1.29 is 19.8 Å². The molecule has 84 valence electrons. The summed E-state index contributed by atoms with van der Waals surface area (Å²) in [5.74, 6) is -1.28. The maximum absolute atomic E-state index is 11.8. The highest BCUT2D eigenvalue weighted by Crippen LogP contribution is 2.33. The van der Waals surface area contributed by atoms with Crippen LogP contribution in [0.15, 0.2) is 0 Å². The van der Waals surface area contributed by atoms with E-state index in [9.17, 15) is 9.59 Å². The van der Waals surface area contributed by atoms with E-state index in [2.05, 4.69) is 0 Å². The van der Waals surface area contributed by atoms with E-state index in [4.69, 9.17) is 10.2 Å². The van der Waals surface area contributed by atoms with Gasteiger partial charge in [-0.05, 0) is 19.3 Å². The Morgan fingerprint density at radius 3 is 2.20 bits per heavy atom. The maximum atomic E-state index is 11.8. The lowest BCUT2D eigenvalue weighted by Crippen LogP contribution is -2.55. The summed E-state index contributed by atoms with van der Waals surface area (Å²) in [6, 6.07) is 0. The number of nitrogens with zero attached hydrogens (tertiary/aromatic N) is 1. The van der Waals surface area contributed by atoms with Crippen LogP contribution in [0, 0.1) is 11.8 Å². The molecule has 0 bridgehead atoms. The summed E-state index contributed by atoms with van der Waals surface area (Å²) in [6.45, 7) is 0.820. The molecule has 0 aromatic carbocycles. The first-order chi connectivity index (χ1) is 7.08. The molecule has 2 N–H and O–H groups in total. The fourth-order valence-electron chi connectivity index (χ4n) is 2.32. The van der Waals surface area contributed by atoms with Gasteiger partial charge in [-0.25, -0.2) is 0 Å². The molecule has 2 unspecified atom stereocenters. The zero-order valence-corrected chi connectivity index (χ0v) is 8.43. The van der Waals surface area contributed by atoms with Gasteiger partial charge in [0.05, 0.1) is 12.0 Å². The predicted molar refractivity (Wildman–Crippen MR) is 51.1 cm³/mol. The molecule has 1 aliphatic heterocycles. The van der Waals surface area contributed by atoms with Crippen molar-refractivity contribution in [3.05, 3.63) is 0 Å². The van der Waals surface area contributed by atoms with Crippen molar-refractivity contribution in [2.75, 3.05) is 13.1 Å². The third kappa shape index (κ3) is 1.97. The zero-order valence-electron chi connectivity index (χ0n) is 8.43. The number of aliphatic hydroxyl groups is 1. The van der Waals surface area contributed by atoms with Crippen LogP contribution in [0.2, 0.25) is 0 Å². The van der Waals surface area contributed by atoms with Gasteiger partial charge in [0.2, 0.25) is 5.91 Å². The van der Waals surface area contributed by atoms with E-state index in [-0.39, 0.29) is 23.8 Å². The molecular weight excluding hydrogens is 198 g/mol. The number of β-amino-alcohol motifs (C(OH)–C–C–N with tert-alkyl or cyclic N) is 1. The van der Waals surface area contributed by atoms with Crippen LogP contribution in [0.25, 0.3) is 0 Å². The van der Waals surface area contributed by atoms with Gasteiger partial charge in [0.15, 0.2) is 0 Å². The Bertz CT molecular complexity index is 285. The second kappa shape index (κ2) is 3.81. The average molecular weight is 213 g/mol. The molecule has 2 atom stereocenters. The fraction of sp³-hybridized carbons (Fsp3) is 0.800. The lowest BCUT2D eigenvalue weighted by atomic mass is 10.0. The molecule has 2 fully saturated rings. The van der Waals surface area contributed by atoms with Crippen LogP contribution < -0.4 is 0 Å². The maximum Gasteiger partial charge on any atom is 0.306 e. The summed E-state index contributed by atoms with van der Waals surface area (Å²) in [5, 5.41) is 17.9. The number of likely N-dealkylation sites (tertiary alicyclic amines) is 1. The number of hydrogen-bond donors (Lipinski definition) is 2. The largest absolute Gasteiger partial charge is 0.481 e. The minimum atomic E-state index is -0.797. The quantitative estimate of drug-likeness (QED) is 0.659. The van der Waals surface area contributed by atoms with Gasteiger partial charge in [0.25, 0.3) is 0 Å². The lowest BCUT2D eigenvalue weighted by molar-refractivity contribution is -0.146. The van der Waals surface area contributed by atoms with Crippen molar-refractivity contribution in [3.63, 3.8) is 0 Å². The van der Waals surface area contributed by atoms with Crippen molar-refractivity contribution >= 4 is 11.9 Å². The molecule has 15 heavy (non-hydrogen) atoms. The number of carboxylic acids is 1. The topological polar surface area (TPSA) is 77.8 Å². The molecule has 0 aromatic heterocycles. The summed E-state index contributed by atoms with van der Waals surface area (Å²) in [4.78, 5) is 24.1. The Hall–Kier alpha value is -1.10. The van der Waals surface area contributed by atoms with Gasteiger partial charge in [-0.15, -0.1) is 0 Å². The van der Waals surface area contributed by atoms with Gasteiger partial charge in [-0.1, -0.05) is 0 Å². The third-order valence-electron chi connectivity index (χ3n) is 3.31. The zero-order chi connectivity index (χ0) is 11.0. The van der Waals surface area contributed by atoms with Crippen molar-refractivity contribution in [1.29, 1.82) is 0 Å². The number of rotatable bonds is 2. The highest BCUT2D eigenvalue weighted by molar-refractivity contribution is 5.81. The number of aliphatic hydroxyl groups excluding tert-OH is 1. The van der Waals surface area contributed by atoms with E-state index >= 15 is 0 Å². The molecule has 1 saturated carbocycles. The number of hydrogen-bond acceptors (Lipinski definition) is 3. The lowest BCUT2D eigenvalue weighted by Gasteiger charge is -2.37. The SMILES string of the molecule is O=C(O)C1CCC(C(=O)N2CC(O)C2)C1. The van der Waals surface area contributed by atoms with Gasteiger partial charge >= 0.3 is 5.97 Å². The summed E-state index contributed by atoms with van der Waals surface area (Å²) in [5.41, 5.74) is 0. The molecule has 1 aliphatic carbocycles. The molecule has 0 aromatic rings. The number of aliphatic carboxylic acids is 1. The van der Waals surface area contributed by atoms with E-state index < -0.39 is 5.97 Å². The monoisotopic (exact) mass is 213 g/mol. The van der Waals surface area contributed by atoms with Crippen LogP contribution >= 0.6 is 0 Å². The van der Waals surface area contributed by atoms with Crippen LogP contribution in [0.1, 0.15) is 19.3 Å². The van der Waals surface area contributed by atoms with Crippen molar-refractivity contribution in [2.24, 2.45) is 11.8 Å². The molecule has 2 aliphatic rings. The minimum Gasteiger partial charge on any atom is -0.481 e. The molecule has 1 saturated heterocycles. The molecule has 2 rings (SSSR count). The molecule has 0 spiro atoms. The van der Waals surface area contributed by atoms with Gasteiger partial charge < -0.3 is 15.1 Å². The Kier molecular flexibility index (Phi) is 2.65. The van der Waals surface area contributed by atoms with E-state index in [1.165, 1.54) is 0 Å². The summed E-state index contributed by atoms with van der Waals surface area (Å²) >= 11 is 0. The summed E-state index contributed by atoms with van der Waals surface area (Å²) < 4.78 is 0. The molecular formula is C10H15NO4. The third-order valence-corrected chi connectivity index (χ3v) is 3.31. The molecule has 1 heterocycles. The first kappa shape index (κ1) is 10.4. The smallest absolute Gasteiger partial charge is 0.306 e. The van der Waals surface area contributed by atoms with E-state index in [0.29, 0.717) is 32.4 Å². The molecule has 5 heteroatoms. The highest BCUT2D eigenvalue weighted by atomic mass is 16.4. The second-order valence-corrected chi connectivity index (χ2v) is 4.44. The van der Waals surface area contributed by atoms with Crippen molar-refractivity contribution in [2.45, 2.75) is 25.4 Å². The van der Waals surface area contributed by atoms with Gasteiger partial charge in [0, 0.05) is 19.0 Å². The number of carbonyl (C=O) groups is 2. The first-order valence-corrected chi connectivity index (χ1v) is 5.27. The number of carboxylic acid groups (broad SMARTS) is 1. The Morgan fingerprint density at radius 2 is 1.73 bits per heavy atom. The Morgan fingerprint density at radius 1 is 1.13 bits per heavy atom. The fourth-order valence-corrected chi connectivity index (χ4v) is 2.32. The van der Waals surface area contributed by atoms with E-state index in [1.54, 1.807) is 4.90 Å². The molecule has 0 radical (unpaired) electrons. The van der Waals surface area contributed by atoms with E-state index in [0.717, 1.165) is 0 Å². The Labute approximate surface area is 87.7 Å². The van der Waals surface area contributed by atoms with Crippen molar-refractivity contribution in [3.8, 4) is 0 Å². The number of amides is 1. The van der Waals surface area contributed by atoms with Gasteiger partial charge in [-0.2, -0.15) is 0 Å². The van der Waals surface area contributed by atoms with Gasteiger partial charge in [-0.3, -0.25) is 9.59 Å². The van der Waals surface area contributed by atoms with Gasteiger partial charge in [0.1, 0.15) is 0 Å². The van der Waals surface area contributed by atoms with Crippen LogP contribution in [0.3, 0.4) is 0 Å². The van der Waals surface area contributed by atoms with Crippen LogP contribution in [-0.4, -0.2) is 46.2 Å². The first-order valence-electron chi connectivity index (χ1n) is 5.27. The van der Waals surface area contributed by atoms with Crippen molar-refractivity contribution in [1.82, 2.24) is 4.90 Å². The minimum absolute atomic E-state index is 0.0176. The summed E-state index contributed by atoms with van der Waals surface area (Å²) in [7, 11) is 0. The van der Waals surface area contributed by atoms with Crippen LogP contribution in [0.5, 0.6) is 0 Å². The van der Waals surface area contributed by atoms with Crippen LogP contribution in [-0.2, 0) is 9.59 Å². The summed E-state index contributed by atoms with van der Waals surface area (Å²) in [6.07, 6.45) is 1.34. The molecule has 1 amide bonds. The number of carbonyl (C=O) groups excluding carboxylic acids is 1. The molecule has 5 nitrogen and oxygen atoms in total. The second-order valence-electron chi connectivity index (χ2n) is 4.44. The van der Waals surface area contributed by atoms with Crippen LogP contribution in [0.4, 0.5) is 0 Å².